The van der Waals surface area contributed by atoms with Crippen LogP contribution in [0.3, 0.4) is 0 Å². The molecule has 0 amide bonds. The Labute approximate surface area is 165 Å². The average Bonchev–Trinajstić information content (AvgIpc) is 3.16. The van der Waals surface area contributed by atoms with E-state index in [1.54, 1.807) is 14.2 Å². The number of aromatic amines is 1. The fourth-order valence-corrected chi connectivity index (χ4v) is 3.36. The fraction of sp³-hybridized carbons (Fsp3) is 0.125. The van der Waals surface area contributed by atoms with Crippen LogP contribution in [-0.2, 0) is 0 Å². The van der Waals surface area contributed by atoms with Gasteiger partial charge >= 0.3 is 0 Å². The third-order valence-electron chi connectivity index (χ3n) is 4.80. The maximum absolute atomic E-state index is 5.41. The first-order valence-electron chi connectivity index (χ1n) is 9.22. The Kier molecular flexibility index (Phi) is 5.20. The zero-order valence-corrected chi connectivity index (χ0v) is 16.0. The van der Waals surface area contributed by atoms with E-state index in [0.717, 1.165) is 28.3 Å². The van der Waals surface area contributed by atoms with E-state index in [-0.39, 0.29) is 6.04 Å². The molecule has 1 heterocycles. The first-order chi connectivity index (χ1) is 13.8. The highest BCUT2D eigenvalue weighted by atomic mass is 16.5. The maximum atomic E-state index is 5.41. The summed E-state index contributed by atoms with van der Waals surface area (Å²) in [4.78, 5) is 3.35. The molecule has 0 saturated heterocycles. The van der Waals surface area contributed by atoms with Gasteiger partial charge in [-0.25, -0.2) is 0 Å². The number of hydrogen-bond donors (Lipinski definition) is 2. The van der Waals surface area contributed by atoms with E-state index >= 15 is 0 Å². The Bertz CT molecular complexity index is 1030. The summed E-state index contributed by atoms with van der Waals surface area (Å²) in [5, 5.41) is 4.82. The number of para-hydroxylation sites is 1. The molecule has 3 aromatic carbocycles. The molecule has 0 aliphatic carbocycles. The lowest BCUT2D eigenvalue weighted by molar-refractivity contribution is 0.394. The molecule has 4 nitrogen and oxygen atoms in total. The first-order valence-corrected chi connectivity index (χ1v) is 9.22. The summed E-state index contributed by atoms with van der Waals surface area (Å²) in [5.41, 5.74) is 4.39. The molecule has 0 fully saturated rings. The molecule has 28 heavy (non-hydrogen) atoms. The summed E-state index contributed by atoms with van der Waals surface area (Å²) in [6, 6.07) is 24.5. The lowest BCUT2D eigenvalue weighted by atomic mass is 9.98. The Balaban J connectivity index is 1.69. The summed E-state index contributed by atoms with van der Waals surface area (Å²) < 4.78 is 10.8. The predicted octanol–water partition coefficient (Wildman–Crippen LogP) is 5.59. The van der Waals surface area contributed by atoms with Crippen LogP contribution in [0.4, 0.5) is 5.69 Å². The molecule has 141 valence electrons. The predicted molar refractivity (Wildman–Crippen MR) is 114 cm³/mol. The van der Waals surface area contributed by atoms with E-state index in [1.165, 1.54) is 10.9 Å². The molecule has 2 N–H and O–H groups in total. The van der Waals surface area contributed by atoms with Gasteiger partial charge in [-0.15, -0.1) is 0 Å². The molecule has 1 atom stereocenters. The van der Waals surface area contributed by atoms with Crippen molar-refractivity contribution in [3.05, 3.63) is 96.5 Å². The van der Waals surface area contributed by atoms with Crippen molar-refractivity contribution in [1.82, 2.24) is 4.98 Å². The van der Waals surface area contributed by atoms with Crippen LogP contribution in [0.15, 0.2) is 79.0 Å². The largest absolute Gasteiger partial charge is 0.497 e. The topological polar surface area (TPSA) is 46.3 Å². The molecule has 0 aliphatic rings. The zero-order valence-electron chi connectivity index (χ0n) is 16.0. The first kappa shape index (κ1) is 18.0. The molecule has 0 spiro atoms. The Morgan fingerprint density at radius 2 is 1.54 bits per heavy atom. The van der Waals surface area contributed by atoms with Crippen molar-refractivity contribution in [2.75, 3.05) is 19.5 Å². The Morgan fingerprint density at radius 1 is 0.857 bits per heavy atom. The fourth-order valence-electron chi connectivity index (χ4n) is 3.36. The summed E-state index contributed by atoms with van der Waals surface area (Å²) in [6.45, 7) is 0. The van der Waals surface area contributed by atoms with Gasteiger partial charge in [-0.3, -0.25) is 0 Å². The summed E-state index contributed by atoms with van der Waals surface area (Å²) in [7, 11) is 3.32. The van der Waals surface area contributed by atoms with E-state index in [2.05, 4.69) is 65.4 Å². The standard InChI is InChI=1S/C24H23N2O2/c1-27-20-13-19(14-21(15-20)28-2)26-24(17-8-4-3-5-9-17)12-18-16-25-23-11-7-6-10-22(18)23/h3-16,24-26H,1-2H3. The third kappa shape index (κ3) is 3.81. The number of hydrogen-bond acceptors (Lipinski definition) is 3. The lowest BCUT2D eigenvalue weighted by Gasteiger charge is -2.21. The monoisotopic (exact) mass is 371 g/mol. The number of aromatic nitrogens is 1. The van der Waals surface area contributed by atoms with Gasteiger partial charge in [-0.2, -0.15) is 0 Å². The van der Waals surface area contributed by atoms with Gasteiger partial charge in [0.25, 0.3) is 0 Å². The van der Waals surface area contributed by atoms with Crippen LogP contribution in [0, 0.1) is 6.42 Å². The minimum absolute atomic E-state index is 0.0165. The Morgan fingerprint density at radius 3 is 2.25 bits per heavy atom. The average molecular weight is 371 g/mol. The second kappa shape index (κ2) is 8.09. The number of benzene rings is 3. The van der Waals surface area contributed by atoms with Gasteiger partial charge in [0.1, 0.15) is 11.5 Å². The SMILES string of the molecule is COc1cc(NC([CH]c2c[nH]c3ccccc23)c2ccccc2)cc(OC)c1. The third-order valence-corrected chi connectivity index (χ3v) is 4.80. The van der Waals surface area contributed by atoms with Gasteiger partial charge in [-0.05, 0) is 17.2 Å². The van der Waals surface area contributed by atoms with Crippen molar-refractivity contribution in [3.63, 3.8) is 0 Å². The highest BCUT2D eigenvalue weighted by Gasteiger charge is 2.16. The number of H-pyrrole nitrogens is 1. The van der Waals surface area contributed by atoms with Crippen LogP contribution >= 0.6 is 0 Å². The van der Waals surface area contributed by atoms with E-state index in [1.807, 2.05) is 30.3 Å². The summed E-state index contributed by atoms with van der Waals surface area (Å²) in [5.74, 6) is 1.50. The number of methoxy groups -OCH3 is 2. The zero-order chi connectivity index (χ0) is 19.3. The Hall–Kier alpha value is -3.40. The molecule has 1 unspecified atom stereocenters. The molecule has 4 heteroatoms. The number of anilines is 1. The second-order valence-corrected chi connectivity index (χ2v) is 6.59. The number of ether oxygens (including phenoxy) is 2. The van der Waals surface area contributed by atoms with Crippen molar-refractivity contribution in [2.45, 2.75) is 6.04 Å². The highest BCUT2D eigenvalue weighted by Crippen LogP contribution is 2.32. The summed E-state index contributed by atoms with van der Waals surface area (Å²) in [6.07, 6.45) is 4.29. The van der Waals surface area contributed by atoms with Crippen LogP contribution < -0.4 is 14.8 Å². The van der Waals surface area contributed by atoms with Crippen LogP contribution in [0.5, 0.6) is 11.5 Å². The number of fused-ring (bicyclic) bond motifs is 1. The van der Waals surface area contributed by atoms with Crippen molar-refractivity contribution in [3.8, 4) is 11.5 Å². The van der Waals surface area contributed by atoms with E-state index < -0.39 is 0 Å². The van der Waals surface area contributed by atoms with Crippen LogP contribution in [0.25, 0.3) is 10.9 Å². The van der Waals surface area contributed by atoms with Gasteiger partial charge in [0, 0.05) is 47.4 Å². The molecular weight excluding hydrogens is 348 g/mol. The minimum Gasteiger partial charge on any atom is -0.497 e. The van der Waals surface area contributed by atoms with Gasteiger partial charge < -0.3 is 19.8 Å². The normalized spacial score (nSPS) is 11.9. The van der Waals surface area contributed by atoms with Crippen molar-refractivity contribution >= 4 is 16.6 Å². The molecule has 1 radical (unpaired) electrons. The van der Waals surface area contributed by atoms with E-state index in [4.69, 9.17) is 9.47 Å². The van der Waals surface area contributed by atoms with Crippen LogP contribution in [0.2, 0.25) is 0 Å². The lowest BCUT2D eigenvalue weighted by Crippen LogP contribution is -2.12. The molecular formula is C24H23N2O2. The maximum Gasteiger partial charge on any atom is 0.124 e. The van der Waals surface area contributed by atoms with Gasteiger partial charge in [0.05, 0.1) is 20.3 Å². The van der Waals surface area contributed by atoms with E-state index in [0.29, 0.717) is 0 Å². The minimum atomic E-state index is -0.0165. The molecule has 1 aromatic heterocycles. The highest BCUT2D eigenvalue weighted by molar-refractivity contribution is 5.84. The van der Waals surface area contributed by atoms with E-state index in [9.17, 15) is 0 Å². The van der Waals surface area contributed by atoms with Crippen LogP contribution in [0.1, 0.15) is 17.2 Å². The number of nitrogens with one attached hydrogen (secondary N) is 2. The summed E-state index contributed by atoms with van der Waals surface area (Å²) >= 11 is 0. The molecule has 0 aliphatic heterocycles. The molecule has 0 saturated carbocycles. The number of rotatable bonds is 7. The van der Waals surface area contributed by atoms with Crippen molar-refractivity contribution in [2.24, 2.45) is 0 Å². The molecule has 0 bridgehead atoms. The van der Waals surface area contributed by atoms with Gasteiger partial charge in [0.15, 0.2) is 0 Å². The van der Waals surface area contributed by atoms with Crippen molar-refractivity contribution in [1.29, 1.82) is 0 Å². The second-order valence-electron chi connectivity index (χ2n) is 6.59. The molecule has 4 aromatic rings. The van der Waals surface area contributed by atoms with Gasteiger partial charge in [0.2, 0.25) is 0 Å². The van der Waals surface area contributed by atoms with Crippen LogP contribution in [-0.4, -0.2) is 19.2 Å². The van der Waals surface area contributed by atoms with Crippen molar-refractivity contribution < 1.29 is 9.47 Å². The van der Waals surface area contributed by atoms with Gasteiger partial charge in [-0.1, -0.05) is 48.5 Å². The molecule has 4 rings (SSSR count). The quantitative estimate of drug-likeness (QED) is 0.445. The smallest absolute Gasteiger partial charge is 0.124 e.